The molecule has 0 aliphatic carbocycles. The van der Waals surface area contributed by atoms with Gasteiger partial charge in [-0.15, -0.1) is 0 Å². The number of pyridine rings is 1. The maximum Gasteiger partial charge on any atom is 0.142 e. The van der Waals surface area contributed by atoms with Gasteiger partial charge in [-0.05, 0) is 43.9 Å². The number of hydrogen-bond acceptors (Lipinski definition) is 5. The van der Waals surface area contributed by atoms with Gasteiger partial charge in [0.2, 0.25) is 0 Å². The summed E-state index contributed by atoms with van der Waals surface area (Å²) in [6.45, 7) is 2.30. The minimum absolute atomic E-state index is 0.406. The van der Waals surface area contributed by atoms with E-state index >= 15 is 0 Å². The number of nitrogens with zero attached hydrogens (tertiary/aromatic N) is 5. The fourth-order valence-corrected chi connectivity index (χ4v) is 2.22. The number of hydrogen-bond donors (Lipinski definition) is 0. The predicted octanol–water partition coefficient (Wildman–Crippen LogP) is 2.39. The summed E-state index contributed by atoms with van der Waals surface area (Å²) in [4.78, 5) is 8.62. The number of aromatic nitrogens is 1. The fraction of sp³-hybridized carbons (Fsp3) is 0.278. The lowest BCUT2D eigenvalue weighted by atomic mass is 10.1. The molecule has 5 nitrogen and oxygen atoms in total. The average Bonchev–Trinajstić information content (AvgIpc) is 2.58. The second-order valence-electron chi connectivity index (χ2n) is 5.53. The van der Waals surface area contributed by atoms with Crippen LogP contribution >= 0.6 is 0 Å². The van der Waals surface area contributed by atoms with Crippen molar-refractivity contribution >= 4 is 5.82 Å². The number of nitriles is 2. The molecule has 23 heavy (non-hydrogen) atoms. The van der Waals surface area contributed by atoms with Crippen molar-refractivity contribution in [2.24, 2.45) is 0 Å². The Morgan fingerprint density at radius 2 is 1.78 bits per heavy atom. The van der Waals surface area contributed by atoms with Crippen LogP contribution in [0.25, 0.3) is 0 Å². The van der Waals surface area contributed by atoms with Crippen molar-refractivity contribution in [3.63, 3.8) is 0 Å². The Morgan fingerprint density at radius 1 is 1.00 bits per heavy atom. The first-order valence-corrected chi connectivity index (χ1v) is 7.38. The van der Waals surface area contributed by atoms with E-state index in [0.29, 0.717) is 17.8 Å². The van der Waals surface area contributed by atoms with E-state index in [-0.39, 0.29) is 0 Å². The minimum Gasteiger partial charge on any atom is -0.351 e. The van der Waals surface area contributed by atoms with Gasteiger partial charge in [0.05, 0.1) is 11.6 Å². The zero-order valence-electron chi connectivity index (χ0n) is 13.4. The standard InChI is InChI=1S/C18H19N5/c1-22(2)9-10-23(18-8-4-7-17(13-20)21-18)14-16-6-3-5-15(11-16)12-19/h3-8,11H,9-10,14H2,1-2H3. The van der Waals surface area contributed by atoms with Crippen LogP contribution < -0.4 is 4.90 Å². The molecule has 0 fully saturated rings. The molecule has 0 bridgehead atoms. The smallest absolute Gasteiger partial charge is 0.142 e. The van der Waals surface area contributed by atoms with Crippen molar-refractivity contribution in [2.45, 2.75) is 6.54 Å². The summed E-state index contributed by atoms with van der Waals surface area (Å²) in [6, 6.07) is 17.3. The Kier molecular flexibility index (Phi) is 5.68. The van der Waals surface area contributed by atoms with Crippen LogP contribution in [-0.2, 0) is 6.54 Å². The zero-order valence-corrected chi connectivity index (χ0v) is 13.4. The third kappa shape index (κ3) is 4.81. The van der Waals surface area contributed by atoms with Crippen LogP contribution in [0, 0.1) is 22.7 Å². The molecule has 1 heterocycles. The summed E-state index contributed by atoms with van der Waals surface area (Å²) in [5.41, 5.74) is 2.10. The van der Waals surface area contributed by atoms with Gasteiger partial charge < -0.3 is 9.80 Å². The Labute approximate surface area is 137 Å². The summed E-state index contributed by atoms with van der Waals surface area (Å²) in [6.07, 6.45) is 0. The highest BCUT2D eigenvalue weighted by Gasteiger charge is 2.10. The lowest BCUT2D eigenvalue weighted by Gasteiger charge is -2.25. The first-order valence-electron chi connectivity index (χ1n) is 7.38. The summed E-state index contributed by atoms with van der Waals surface area (Å²) in [7, 11) is 4.04. The predicted molar refractivity (Wildman–Crippen MR) is 89.7 cm³/mol. The summed E-state index contributed by atoms with van der Waals surface area (Å²) in [5.74, 6) is 0.772. The van der Waals surface area contributed by atoms with E-state index in [2.05, 4.69) is 26.9 Å². The average molecular weight is 305 g/mol. The molecule has 2 rings (SSSR count). The molecule has 5 heteroatoms. The molecule has 0 atom stereocenters. The molecule has 0 saturated carbocycles. The van der Waals surface area contributed by atoms with Crippen molar-refractivity contribution in [3.8, 4) is 12.1 Å². The minimum atomic E-state index is 0.406. The quantitative estimate of drug-likeness (QED) is 0.820. The van der Waals surface area contributed by atoms with E-state index in [1.807, 2.05) is 44.4 Å². The molecule has 0 spiro atoms. The lowest BCUT2D eigenvalue weighted by molar-refractivity contribution is 0.412. The van der Waals surface area contributed by atoms with Crippen molar-refractivity contribution in [3.05, 3.63) is 59.3 Å². The number of rotatable bonds is 6. The second-order valence-corrected chi connectivity index (χ2v) is 5.53. The van der Waals surface area contributed by atoms with Crippen LogP contribution in [-0.4, -0.2) is 37.1 Å². The van der Waals surface area contributed by atoms with E-state index in [1.54, 1.807) is 12.1 Å². The molecule has 0 aliphatic heterocycles. The van der Waals surface area contributed by atoms with Crippen LogP contribution in [0.15, 0.2) is 42.5 Å². The van der Waals surface area contributed by atoms with Gasteiger partial charge in [0.15, 0.2) is 0 Å². The van der Waals surface area contributed by atoms with Crippen LogP contribution in [0.5, 0.6) is 0 Å². The van der Waals surface area contributed by atoms with Gasteiger partial charge in [-0.3, -0.25) is 0 Å². The lowest BCUT2D eigenvalue weighted by Crippen LogP contribution is -2.32. The highest BCUT2D eigenvalue weighted by Crippen LogP contribution is 2.16. The van der Waals surface area contributed by atoms with E-state index in [0.717, 1.165) is 24.5 Å². The largest absolute Gasteiger partial charge is 0.351 e. The number of anilines is 1. The number of likely N-dealkylation sites (N-methyl/N-ethyl adjacent to an activating group) is 1. The molecule has 0 saturated heterocycles. The van der Waals surface area contributed by atoms with E-state index in [1.165, 1.54) is 0 Å². The van der Waals surface area contributed by atoms with Crippen LogP contribution in [0.2, 0.25) is 0 Å². The van der Waals surface area contributed by atoms with Crippen molar-refractivity contribution in [2.75, 3.05) is 32.1 Å². The zero-order chi connectivity index (χ0) is 16.7. The molecule has 0 N–H and O–H groups in total. The fourth-order valence-electron chi connectivity index (χ4n) is 2.22. The maximum atomic E-state index is 9.04. The van der Waals surface area contributed by atoms with Crippen LogP contribution in [0.3, 0.4) is 0 Å². The second kappa shape index (κ2) is 7.93. The molecule has 1 aromatic carbocycles. The van der Waals surface area contributed by atoms with Crippen molar-refractivity contribution in [1.82, 2.24) is 9.88 Å². The summed E-state index contributed by atoms with van der Waals surface area (Å²) >= 11 is 0. The highest BCUT2D eigenvalue weighted by atomic mass is 15.2. The Morgan fingerprint density at radius 3 is 2.48 bits per heavy atom. The molecule has 0 radical (unpaired) electrons. The van der Waals surface area contributed by atoms with Gasteiger partial charge in [0, 0.05) is 19.6 Å². The molecule has 1 aromatic heterocycles. The summed E-state index contributed by atoms with van der Waals surface area (Å²) in [5, 5.41) is 18.1. The number of benzene rings is 1. The monoisotopic (exact) mass is 305 g/mol. The molecule has 116 valence electrons. The molecule has 2 aromatic rings. The van der Waals surface area contributed by atoms with Crippen molar-refractivity contribution in [1.29, 1.82) is 10.5 Å². The third-order valence-electron chi connectivity index (χ3n) is 3.42. The molecule has 0 aliphatic rings. The van der Waals surface area contributed by atoms with Crippen molar-refractivity contribution < 1.29 is 0 Å². The van der Waals surface area contributed by atoms with Crippen LogP contribution in [0.1, 0.15) is 16.8 Å². The Hall–Kier alpha value is -2.89. The van der Waals surface area contributed by atoms with E-state index in [4.69, 9.17) is 10.5 Å². The van der Waals surface area contributed by atoms with Crippen LogP contribution in [0.4, 0.5) is 5.82 Å². The Balaban J connectivity index is 2.26. The third-order valence-corrected chi connectivity index (χ3v) is 3.42. The maximum absolute atomic E-state index is 9.04. The normalized spacial score (nSPS) is 10.1. The van der Waals surface area contributed by atoms with E-state index in [9.17, 15) is 0 Å². The molecule has 0 amide bonds. The van der Waals surface area contributed by atoms with Gasteiger partial charge in [-0.1, -0.05) is 18.2 Å². The van der Waals surface area contributed by atoms with Gasteiger partial charge in [-0.25, -0.2) is 4.98 Å². The van der Waals surface area contributed by atoms with Gasteiger partial charge in [-0.2, -0.15) is 10.5 Å². The van der Waals surface area contributed by atoms with E-state index < -0.39 is 0 Å². The first-order chi connectivity index (χ1) is 11.1. The Bertz CT molecular complexity index is 740. The van der Waals surface area contributed by atoms with Gasteiger partial charge >= 0.3 is 0 Å². The topological polar surface area (TPSA) is 67.0 Å². The summed E-state index contributed by atoms with van der Waals surface area (Å²) < 4.78 is 0. The molecule has 0 unspecified atom stereocenters. The van der Waals surface area contributed by atoms with Gasteiger partial charge in [0.25, 0.3) is 0 Å². The SMILES string of the molecule is CN(C)CCN(Cc1cccc(C#N)c1)c1cccc(C#N)n1. The first kappa shape index (κ1) is 16.5. The van der Waals surface area contributed by atoms with Gasteiger partial charge in [0.1, 0.15) is 17.6 Å². The highest BCUT2D eigenvalue weighted by molar-refractivity contribution is 5.43. The molecular formula is C18H19N5. The molecular weight excluding hydrogens is 286 g/mol.